The number of alkyl halides is 6. The van der Waals surface area contributed by atoms with E-state index >= 15 is 14.4 Å². The fraction of sp³-hybridized carbons (Fsp3) is 0.625. The summed E-state index contributed by atoms with van der Waals surface area (Å²) in [6, 6.07) is 19.0. The Kier molecular flexibility index (Phi) is 38.9. The Labute approximate surface area is 756 Å². The van der Waals surface area contributed by atoms with E-state index in [0.29, 0.717) is 17.2 Å². The summed E-state index contributed by atoms with van der Waals surface area (Å²) in [6.45, 7) is 7.63. The quantitative estimate of drug-likeness (QED) is 0.0222. The zero-order chi connectivity index (χ0) is 92.8. The molecule has 700 valence electrons. The van der Waals surface area contributed by atoms with Crippen LogP contribution in [0.25, 0.3) is 0 Å². The molecule has 3 aromatic carbocycles. The van der Waals surface area contributed by atoms with Gasteiger partial charge >= 0.3 is 65.9 Å². The van der Waals surface area contributed by atoms with Gasteiger partial charge in [-0.2, -0.15) is 0 Å². The first kappa shape index (κ1) is 104. The van der Waals surface area contributed by atoms with Gasteiger partial charge in [0.1, 0.15) is 106 Å². The number of benzene rings is 3. The third kappa shape index (κ3) is 30.2. The maximum Gasteiger partial charge on any atom is 0.407 e. The highest BCUT2D eigenvalue weighted by Gasteiger charge is 2.66. The fourth-order valence-electron chi connectivity index (χ4n) is 14.3. The first-order valence-corrected chi connectivity index (χ1v) is 45.3. The summed E-state index contributed by atoms with van der Waals surface area (Å²) in [7, 11) is 1.91. The number of nitrogens with one attached hydrogen (secondary N) is 3. The third-order valence-electron chi connectivity index (χ3n) is 19.7. The number of rotatable bonds is 38. The molecule has 0 aliphatic carbocycles. The molecule has 5 aliphatic heterocycles. The molecule has 0 saturated carbocycles. The highest BCUT2D eigenvalue weighted by molar-refractivity contribution is 6.76. The highest BCUT2D eigenvalue weighted by atomic mass is 35.6. The molecule has 126 heavy (non-hydrogen) atoms. The molecule has 8 rings (SSSR count). The van der Waals surface area contributed by atoms with Gasteiger partial charge < -0.3 is 130 Å². The predicted molar refractivity (Wildman–Crippen MR) is 438 cm³/mol. The average Bonchev–Trinajstić information content (AvgIpc) is 0.740. The Balaban J connectivity index is 1.47. The molecule has 5 fully saturated rings. The van der Waals surface area contributed by atoms with Gasteiger partial charge in [0, 0.05) is 82.9 Å². The molecule has 46 heteroatoms. The summed E-state index contributed by atoms with van der Waals surface area (Å²) >= 11 is 36.2. The zero-order valence-electron chi connectivity index (χ0n) is 71.0. The van der Waals surface area contributed by atoms with E-state index in [4.69, 9.17) is 183 Å². The van der Waals surface area contributed by atoms with Crippen LogP contribution in [-0.4, -0.2) is 296 Å². The standard InChI is InChI=1S/C80H103Cl6N3O36Si/c1-41(90)87-59-66(125-78(74(99)105-11)33-52(115-45(5)94)58(89-76(101)112-40-80(84,85)86)65(124-78)62(117-47(7)96)54(103-9)36-108-43(3)92)60(109-34-48-24-18-15-19-25-48)56(38-113-77(73(98)104-10)32-51(114-44(4)93)57(88-75(100)111-39-79(81,82)83)64(123-77)61(116-46(6)95)53(102-8)35-107-42(2)91)118-71(59)122-67-63-55(37-110-70(121-63)50-28-22-17-23-29-50)119-72(106-30-31-126(12,13)14)68(67)120-69(97)49-26-20-16-21-27-49/h15-29,51-68,70-72H,30-40H2,1-14H3,(H,87,90)(H,88,100)(H,89,101)/t51-,52-,53+,54+,55+,56+,57+,58+,59+,60-,61+,62+,63-,64+,65+,66+,67-,68+,70-,71-,72+,77+,78-/m0/s1. The number of carbonyl (C=O) groups excluding carboxylic acids is 12. The average molecular weight is 1920 g/mol. The zero-order valence-corrected chi connectivity index (χ0v) is 76.6. The number of hydrogen-bond acceptors (Lipinski definition) is 36. The summed E-state index contributed by atoms with van der Waals surface area (Å²) < 4.78 is 147. The Morgan fingerprint density at radius 2 is 1.02 bits per heavy atom. The number of amides is 3. The molecule has 3 N–H and O–H groups in total. The molecule has 3 amide bonds. The molecule has 39 nitrogen and oxygen atoms in total. The van der Waals surface area contributed by atoms with Crippen LogP contribution in [0.4, 0.5) is 9.59 Å². The minimum absolute atomic E-state index is 0.00611. The fourth-order valence-corrected chi connectivity index (χ4v) is 15.3. The van der Waals surface area contributed by atoms with Crippen LogP contribution < -0.4 is 16.0 Å². The number of halogens is 6. The normalized spacial score (nSPS) is 28.3. The molecule has 5 heterocycles. The van der Waals surface area contributed by atoms with Crippen LogP contribution in [0.1, 0.15) is 89.1 Å². The van der Waals surface area contributed by atoms with Crippen molar-refractivity contribution >= 4 is 149 Å². The van der Waals surface area contributed by atoms with Crippen LogP contribution in [-0.2, 0) is 163 Å². The molecule has 0 radical (unpaired) electrons. The summed E-state index contributed by atoms with van der Waals surface area (Å²) in [5.41, 5.74) is 0.842. The molecular formula is C80H103Cl6N3O36Si. The van der Waals surface area contributed by atoms with E-state index in [1.54, 1.807) is 78.9 Å². The molecular weight excluding hydrogens is 1820 g/mol. The van der Waals surface area contributed by atoms with E-state index in [9.17, 15) is 43.2 Å². The lowest BCUT2D eigenvalue weighted by molar-refractivity contribution is -0.397. The van der Waals surface area contributed by atoms with Crippen molar-refractivity contribution in [2.24, 2.45) is 0 Å². The summed E-state index contributed by atoms with van der Waals surface area (Å²) in [4.78, 5) is 170. The van der Waals surface area contributed by atoms with Crippen LogP contribution in [0.15, 0.2) is 91.0 Å². The van der Waals surface area contributed by atoms with Crippen LogP contribution in [0.5, 0.6) is 0 Å². The Morgan fingerprint density at radius 1 is 0.524 bits per heavy atom. The van der Waals surface area contributed by atoms with Gasteiger partial charge in [0.05, 0.1) is 64.5 Å². The number of methoxy groups -OCH3 is 4. The van der Waals surface area contributed by atoms with Gasteiger partial charge in [-0.3, -0.25) is 33.6 Å². The van der Waals surface area contributed by atoms with Crippen molar-refractivity contribution in [3.05, 3.63) is 108 Å². The van der Waals surface area contributed by atoms with Crippen molar-refractivity contribution in [2.45, 2.75) is 241 Å². The molecule has 0 spiro atoms. The van der Waals surface area contributed by atoms with Gasteiger partial charge in [-0.15, -0.1) is 0 Å². The van der Waals surface area contributed by atoms with Crippen molar-refractivity contribution in [1.82, 2.24) is 16.0 Å². The van der Waals surface area contributed by atoms with Gasteiger partial charge in [-0.1, -0.05) is 168 Å². The predicted octanol–water partition coefficient (Wildman–Crippen LogP) is 7.14. The molecule has 5 aliphatic rings. The molecule has 0 bridgehead atoms. The second kappa shape index (κ2) is 47.2. The van der Waals surface area contributed by atoms with Crippen LogP contribution >= 0.6 is 69.6 Å². The van der Waals surface area contributed by atoms with Gasteiger partial charge in [0.15, 0.2) is 37.2 Å². The van der Waals surface area contributed by atoms with E-state index in [1.807, 2.05) is 0 Å². The Morgan fingerprint density at radius 3 is 1.48 bits per heavy atom. The topological polar surface area (TPSA) is 462 Å². The Bertz CT molecular complexity index is 4160. The van der Waals surface area contributed by atoms with Crippen LogP contribution in [0.2, 0.25) is 25.7 Å². The van der Waals surface area contributed by atoms with Gasteiger partial charge in [-0.05, 0) is 23.7 Å². The third-order valence-corrected chi connectivity index (χ3v) is 22.0. The summed E-state index contributed by atoms with van der Waals surface area (Å²) in [5.74, 6) is -17.7. The SMILES string of the molecule is COC(=O)[C@@]1(OC[C@H]2O[C@@H](O[C@H]3[C@H]4O[C@@H](c5ccccc5)OC[C@H]4O[C@@H](OCC[Si](C)(C)C)[C@@H]3OC(=O)c3ccccc3)[C@H](NC(C)=O)[C@@H](O[C@]3(C(=O)OC)C[C@H](OC(C)=O)[C@@H](NC(=O)OCC(Cl)(Cl)Cl)[C@H]([C@H](OC(C)=O)[C@@H](COC(C)=O)OC)O3)[C@H]2OCc2ccccc2)C[C@H](OC(C)=O)[C@@H](NC(=O)OCC(Cl)(Cl)Cl)[C@H]([C@H](OC(C)=O)[C@@H](COC(C)=O)OC)O1. The number of hydrogen-bond donors (Lipinski definition) is 3. The van der Waals surface area contributed by atoms with Crippen molar-refractivity contribution in [3.8, 4) is 0 Å². The van der Waals surface area contributed by atoms with E-state index in [2.05, 4.69) is 35.6 Å². The van der Waals surface area contributed by atoms with Gasteiger partial charge in [0.2, 0.25) is 13.5 Å². The van der Waals surface area contributed by atoms with E-state index < -0.39 is 280 Å². The lowest BCUT2D eigenvalue weighted by atomic mass is 9.87. The van der Waals surface area contributed by atoms with Gasteiger partial charge in [-0.25, -0.2) is 24.0 Å². The minimum Gasteiger partial charge on any atom is -0.465 e. The van der Waals surface area contributed by atoms with Crippen LogP contribution in [0.3, 0.4) is 0 Å². The second-order valence-corrected chi connectivity index (χ2v) is 41.2. The van der Waals surface area contributed by atoms with E-state index in [-0.39, 0.29) is 18.8 Å². The number of esters is 9. The second-order valence-electron chi connectivity index (χ2n) is 30.5. The molecule has 23 atom stereocenters. The maximum absolute atomic E-state index is 16.0. The minimum atomic E-state index is -3.29. The van der Waals surface area contributed by atoms with Crippen molar-refractivity contribution in [1.29, 1.82) is 0 Å². The van der Waals surface area contributed by atoms with Crippen LogP contribution in [0, 0.1) is 0 Å². The first-order chi connectivity index (χ1) is 59.4. The molecule has 5 saturated heterocycles. The lowest BCUT2D eigenvalue weighted by Gasteiger charge is -2.54. The monoisotopic (exact) mass is 1920 g/mol. The van der Waals surface area contributed by atoms with E-state index in [0.717, 1.165) is 76.9 Å². The Hall–Kier alpha value is -7.66. The molecule has 0 unspecified atom stereocenters. The van der Waals surface area contributed by atoms with Crippen molar-refractivity contribution in [2.75, 3.05) is 74.7 Å². The first-order valence-electron chi connectivity index (χ1n) is 39.3. The number of carbonyl (C=O) groups is 12. The highest BCUT2D eigenvalue weighted by Crippen LogP contribution is 2.46. The largest absolute Gasteiger partial charge is 0.465 e. The number of fused-ring (bicyclic) bond motifs is 1. The molecule has 3 aromatic rings. The maximum atomic E-state index is 16.0. The molecule has 0 aromatic heterocycles. The van der Waals surface area contributed by atoms with E-state index in [1.165, 1.54) is 12.1 Å². The lowest BCUT2D eigenvalue weighted by Crippen LogP contribution is -2.74. The van der Waals surface area contributed by atoms with Crippen molar-refractivity contribution in [3.63, 3.8) is 0 Å². The van der Waals surface area contributed by atoms with Crippen molar-refractivity contribution < 1.29 is 171 Å². The summed E-state index contributed by atoms with van der Waals surface area (Å²) in [6.07, 6.45) is -38.7. The van der Waals surface area contributed by atoms with Gasteiger partial charge in [0.25, 0.3) is 11.6 Å². The number of alkyl carbamates (subject to hydrolysis) is 2. The smallest absolute Gasteiger partial charge is 0.407 e. The number of ether oxygens (including phenoxy) is 24. The summed E-state index contributed by atoms with van der Waals surface area (Å²) in [5, 5.41) is 7.76.